The molecule has 0 atom stereocenters. The zero-order valence-electron chi connectivity index (χ0n) is 13.6. The van der Waals surface area contributed by atoms with E-state index in [9.17, 15) is 18.7 Å². The maximum atomic E-state index is 13.6. The topological polar surface area (TPSA) is 57.0 Å². The maximum absolute atomic E-state index is 13.6. The number of piperazine rings is 1. The van der Waals surface area contributed by atoms with E-state index in [-0.39, 0.29) is 12.3 Å². The molecule has 132 valence electrons. The Balaban J connectivity index is 1.52. The summed E-state index contributed by atoms with van der Waals surface area (Å²) in [6.07, 6.45) is 0. The summed E-state index contributed by atoms with van der Waals surface area (Å²) in [5, 5.41) is 11.7. The predicted molar refractivity (Wildman–Crippen MR) is 90.9 cm³/mol. The van der Waals surface area contributed by atoms with Gasteiger partial charge in [0.05, 0.1) is 26.2 Å². The highest BCUT2D eigenvalue weighted by atomic mass is 19.1. The number of carbonyl (C=O) groups is 1. The number of amides is 1. The Hall–Kier alpha value is -2.67. The Morgan fingerprint density at radius 3 is 2.28 bits per heavy atom. The smallest absolute Gasteiger partial charge is 0.279 e. The van der Waals surface area contributed by atoms with E-state index >= 15 is 0 Å². The number of nitrogens with zero attached hydrogens (tertiary/aromatic N) is 1. The van der Waals surface area contributed by atoms with Crippen molar-refractivity contribution in [2.75, 3.05) is 42.9 Å². The van der Waals surface area contributed by atoms with Crippen LogP contribution in [0.2, 0.25) is 0 Å². The summed E-state index contributed by atoms with van der Waals surface area (Å²) < 4.78 is 27.1. The first-order chi connectivity index (χ1) is 12.0. The SMILES string of the molecule is O=C(C[NH+]1CCN(c2ccc(O)cc2)CC1)Nc1c(F)cccc1F. The zero-order valence-corrected chi connectivity index (χ0v) is 13.6. The van der Waals surface area contributed by atoms with Gasteiger partial charge in [-0.3, -0.25) is 4.79 Å². The van der Waals surface area contributed by atoms with Gasteiger partial charge < -0.3 is 20.2 Å². The van der Waals surface area contributed by atoms with Crippen molar-refractivity contribution in [3.05, 3.63) is 54.1 Å². The van der Waals surface area contributed by atoms with Gasteiger partial charge in [0.1, 0.15) is 23.1 Å². The Kier molecular flexibility index (Phi) is 5.14. The Morgan fingerprint density at radius 1 is 1.08 bits per heavy atom. The summed E-state index contributed by atoms with van der Waals surface area (Å²) >= 11 is 0. The first-order valence-corrected chi connectivity index (χ1v) is 8.14. The summed E-state index contributed by atoms with van der Waals surface area (Å²) in [6, 6.07) is 10.5. The van der Waals surface area contributed by atoms with Gasteiger partial charge in [-0.15, -0.1) is 0 Å². The number of carbonyl (C=O) groups excluding carboxylic acids is 1. The van der Waals surface area contributed by atoms with E-state index in [1.807, 2.05) is 12.1 Å². The molecule has 3 N–H and O–H groups in total. The molecule has 1 aliphatic heterocycles. The number of rotatable bonds is 4. The van der Waals surface area contributed by atoms with Crippen molar-refractivity contribution in [2.24, 2.45) is 0 Å². The molecule has 2 aromatic carbocycles. The molecule has 1 fully saturated rings. The third-order valence-electron chi connectivity index (χ3n) is 4.32. The largest absolute Gasteiger partial charge is 0.508 e. The summed E-state index contributed by atoms with van der Waals surface area (Å²) in [5.41, 5.74) is 0.629. The average molecular weight is 348 g/mol. The number of hydrogen-bond acceptors (Lipinski definition) is 3. The molecule has 7 heteroatoms. The third-order valence-corrected chi connectivity index (χ3v) is 4.32. The van der Waals surface area contributed by atoms with Crippen LogP contribution >= 0.6 is 0 Å². The van der Waals surface area contributed by atoms with Gasteiger partial charge in [0.25, 0.3) is 5.91 Å². The van der Waals surface area contributed by atoms with E-state index < -0.39 is 23.2 Å². The molecule has 25 heavy (non-hydrogen) atoms. The second-order valence-corrected chi connectivity index (χ2v) is 6.08. The molecule has 0 radical (unpaired) electrons. The van der Waals surface area contributed by atoms with Crippen LogP contribution in [0.4, 0.5) is 20.2 Å². The van der Waals surface area contributed by atoms with Crippen LogP contribution in [0.1, 0.15) is 0 Å². The molecule has 0 unspecified atom stereocenters. The Bertz CT molecular complexity index is 724. The molecule has 3 rings (SSSR count). The fourth-order valence-electron chi connectivity index (χ4n) is 2.95. The van der Waals surface area contributed by atoms with Crippen LogP contribution in [-0.4, -0.2) is 43.7 Å². The molecule has 0 saturated carbocycles. The standard InChI is InChI=1S/C18H19F2N3O2/c19-15-2-1-3-16(20)18(15)21-17(25)12-22-8-10-23(11-9-22)13-4-6-14(24)7-5-13/h1-7,24H,8-12H2,(H,21,25)/p+1. The van der Waals surface area contributed by atoms with Gasteiger partial charge >= 0.3 is 0 Å². The fraction of sp³-hybridized carbons (Fsp3) is 0.278. The lowest BCUT2D eigenvalue weighted by Gasteiger charge is -2.33. The molecular formula is C18H20F2N3O2+. The highest BCUT2D eigenvalue weighted by Gasteiger charge is 2.23. The van der Waals surface area contributed by atoms with Gasteiger partial charge in [0.15, 0.2) is 6.54 Å². The molecule has 1 amide bonds. The number of quaternary nitrogens is 1. The van der Waals surface area contributed by atoms with Gasteiger partial charge in [0.2, 0.25) is 0 Å². The normalized spacial score (nSPS) is 15.2. The number of anilines is 2. The number of para-hydroxylation sites is 1. The Labute approximate surface area is 144 Å². The molecule has 0 spiro atoms. The first-order valence-electron chi connectivity index (χ1n) is 8.14. The van der Waals surface area contributed by atoms with Crippen LogP contribution in [-0.2, 0) is 4.79 Å². The van der Waals surface area contributed by atoms with Gasteiger partial charge in [-0.05, 0) is 36.4 Å². The van der Waals surface area contributed by atoms with Gasteiger partial charge in [-0.1, -0.05) is 6.07 Å². The van der Waals surface area contributed by atoms with Crippen LogP contribution < -0.4 is 15.1 Å². The number of benzene rings is 2. The molecule has 1 saturated heterocycles. The molecule has 0 aromatic heterocycles. The second-order valence-electron chi connectivity index (χ2n) is 6.08. The van der Waals surface area contributed by atoms with Crippen LogP contribution in [0, 0.1) is 11.6 Å². The van der Waals surface area contributed by atoms with E-state index in [4.69, 9.17) is 0 Å². The van der Waals surface area contributed by atoms with Gasteiger partial charge in [-0.2, -0.15) is 0 Å². The number of nitrogens with one attached hydrogen (secondary N) is 2. The molecule has 1 heterocycles. The van der Waals surface area contributed by atoms with Gasteiger partial charge in [0, 0.05) is 5.69 Å². The van der Waals surface area contributed by atoms with Crippen LogP contribution in [0.5, 0.6) is 5.75 Å². The number of phenols is 1. The first kappa shape index (κ1) is 17.2. The Morgan fingerprint density at radius 2 is 1.68 bits per heavy atom. The number of aromatic hydroxyl groups is 1. The average Bonchev–Trinajstić information content (AvgIpc) is 2.60. The third kappa shape index (κ3) is 4.24. The lowest BCUT2D eigenvalue weighted by atomic mass is 10.2. The minimum atomic E-state index is -0.777. The highest BCUT2D eigenvalue weighted by molar-refractivity contribution is 5.91. The minimum Gasteiger partial charge on any atom is -0.508 e. The minimum absolute atomic E-state index is 0.164. The molecule has 1 aliphatic rings. The monoisotopic (exact) mass is 348 g/mol. The van der Waals surface area contributed by atoms with Crippen LogP contribution in [0.3, 0.4) is 0 Å². The predicted octanol–water partition coefficient (Wildman–Crippen LogP) is 1.01. The van der Waals surface area contributed by atoms with E-state index in [1.165, 1.54) is 6.07 Å². The highest BCUT2D eigenvalue weighted by Crippen LogP contribution is 2.18. The van der Waals surface area contributed by atoms with Crippen molar-refractivity contribution in [1.29, 1.82) is 0 Å². The van der Waals surface area contributed by atoms with E-state index in [2.05, 4.69) is 10.2 Å². The quantitative estimate of drug-likeness (QED) is 0.773. The molecule has 0 aliphatic carbocycles. The van der Waals surface area contributed by atoms with Crippen LogP contribution in [0.25, 0.3) is 0 Å². The van der Waals surface area contributed by atoms with Crippen molar-refractivity contribution < 1.29 is 23.6 Å². The van der Waals surface area contributed by atoms with Crippen molar-refractivity contribution in [2.45, 2.75) is 0 Å². The summed E-state index contributed by atoms with van der Waals surface area (Å²) in [7, 11) is 0. The summed E-state index contributed by atoms with van der Waals surface area (Å²) in [4.78, 5) is 15.3. The molecular weight excluding hydrogens is 328 g/mol. The van der Waals surface area contributed by atoms with E-state index in [0.717, 1.165) is 48.9 Å². The summed E-state index contributed by atoms with van der Waals surface area (Å²) in [5.74, 6) is -1.73. The lowest BCUT2D eigenvalue weighted by molar-refractivity contribution is -0.892. The molecule has 2 aromatic rings. The van der Waals surface area contributed by atoms with Gasteiger partial charge in [-0.25, -0.2) is 8.78 Å². The number of halogens is 2. The number of hydrogen-bond donors (Lipinski definition) is 3. The fourth-order valence-corrected chi connectivity index (χ4v) is 2.95. The second kappa shape index (κ2) is 7.48. The summed E-state index contributed by atoms with van der Waals surface area (Å²) in [6.45, 7) is 3.18. The molecule has 5 nitrogen and oxygen atoms in total. The van der Waals surface area contributed by atoms with Crippen molar-refractivity contribution in [1.82, 2.24) is 0 Å². The number of phenolic OH excluding ortho intramolecular Hbond substituents is 1. The van der Waals surface area contributed by atoms with Crippen molar-refractivity contribution in [3.8, 4) is 5.75 Å². The lowest BCUT2D eigenvalue weighted by Crippen LogP contribution is -3.15. The van der Waals surface area contributed by atoms with Crippen LogP contribution in [0.15, 0.2) is 42.5 Å². The van der Waals surface area contributed by atoms with E-state index in [0.29, 0.717) is 0 Å². The molecule has 0 bridgehead atoms. The zero-order chi connectivity index (χ0) is 17.8. The van der Waals surface area contributed by atoms with Crippen molar-refractivity contribution in [3.63, 3.8) is 0 Å². The maximum Gasteiger partial charge on any atom is 0.279 e. The van der Waals surface area contributed by atoms with E-state index in [1.54, 1.807) is 12.1 Å². The van der Waals surface area contributed by atoms with Crippen molar-refractivity contribution >= 4 is 17.3 Å².